The number of nitrogens with one attached hydrogen (secondary N) is 1. The first-order valence-corrected chi connectivity index (χ1v) is 7.67. The molecule has 1 heterocycles. The van der Waals surface area contributed by atoms with Crippen LogP contribution in [-0.4, -0.2) is 22.2 Å². The summed E-state index contributed by atoms with van der Waals surface area (Å²) in [5, 5.41) is 2.93. The van der Waals surface area contributed by atoms with Crippen molar-refractivity contribution in [2.24, 2.45) is 16.5 Å². The summed E-state index contributed by atoms with van der Waals surface area (Å²) >= 11 is 0. The van der Waals surface area contributed by atoms with E-state index in [4.69, 9.17) is 11.5 Å². The van der Waals surface area contributed by atoms with Crippen LogP contribution in [0.2, 0.25) is 0 Å². The zero-order valence-corrected chi connectivity index (χ0v) is 14.1. The molecule has 0 spiro atoms. The summed E-state index contributed by atoms with van der Waals surface area (Å²) in [6.07, 6.45) is 5.71. The molecular weight excluding hydrogens is 298 g/mol. The van der Waals surface area contributed by atoms with E-state index in [1.807, 2.05) is 34.9 Å². The van der Waals surface area contributed by atoms with Gasteiger partial charge in [-0.25, -0.2) is 9.89 Å². The van der Waals surface area contributed by atoms with Crippen LogP contribution in [-0.2, 0) is 0 Å². The zero-order valence-electron chi connectivity index (χ0n) is 13.3. The van der Waals surface area contributed by atoms with E-state index in [0.29, 0.717) is 11.9 Å². The summed E-state index contributed by atoms with van der Waals surface area (Å²) in [7, 11) is 0. The summed E-state index contributed by atoms with van der Waals surface area (Å²) in [5.41, 5.74) is 12.6. The molecule has 1 unspecified atom stereocenters. The quantitative estimate of drug-likeness (QED) is 0.476. The minimum absolute atomic E-state index is 0. The standard InChI is InChI=1S/C16H25N5.ClH/c1-3-4-5-9-12-16(2)20-14(17)19-15(18)21(16)13-10-7-6-8-11-13;/h6-8,10-11H,3-5,9,12H2,1-2H3,(H4,17,18,19,20);1H. The van der Waals surface area contributed by atoms with E-state index < -0.39 is 5.66 Å². The Morgan fingerprint density at radius 2 is 1.82 bits per heavy atom. The van der Waals surface area contributed by atoms with Crippen molar-refractivity contribution in [1.82, 2.24) is 5.32 Å². The van der Waals surface area contributed by atoms with Crippen molar-refractivity contribution >= 4 is 17.6 Å². The molecule has 0 amide bonds. The number of unbranched alkanes of at least 4 members (excludes halogenated alkanes) is 3. The number of halogens is 1. The zero-order chi connectivity index (χ0) is 15.3. The Balaban J connectivity index is 0.00000242. The van der Waals surface area contributed by atoms with Crippen molar-refractivity contribution in [3.05, 3.63) is 30.3 Å². The lowest BCUT2D eigenvalue weighted by Crippen LogP contribution is -3.00. The molecule has 5 N–H and O–H groups in total. The van der Waals surface area contributed by atoms with Gasteiger partial charge in [0.25, 0.3) is 5.96 Å². The van der Waals surface area contributed by atoms with Crippen molar-refractivity contribution in [2.75, 3.05) is 0 Å². The van der Waals surface area contributed by atoms with E-state index in [1.54, 1.807) is 0 Å². The smallest absolute Gasteiger partial charge is 0.357 e. The Hall–Kier alpha value is -1.75. The Morgan fingerprint density at radius 1 is 1.14 bits per heavy atom. The number of para-hydroxylation sites is 1. The maximum absolute atomic E-state index is 6.18. The molecule has 1 aromatic rings. The number of nitrogens with zero attached hydrogens (tertiary/aromatic N) is 2. The topological polar surface area (TPSA) is 79.4 Å². The molecule has 1 atom stereocenters. The molecule has 2 rings (SSSR count). The first-order valence-electron chi connectivity index (χ1n) is 7.67. The van der Waals surface area contributed by atoms with Gasteiger partial charge in [-0.15, -0.1) is 0 Å². The normalized spacial score (nSPS) is 20.9. The predicted molar refractivity (Wildman–Crippen MR) is 87.5 cm³/mol. The van der Waals surface area contributed by atoms with Gasteiger partial charge >= 0.3 is 5.96 Å². The molecule has 1 aromatic carbocycles. The van der Waals surface area contributed by atoms with Crippen LogP contribution in [0.25, 0.3) is 0 Å². The average molecular weight is 324 g/mol. The molecule has 122 valence electrons. The Labute approximate surface area is 138 Å². The van der Waals surface area contributed by atoms with Crippen LogP contribution in [0.5, 0.6) is 0 Å². The van der Waals surface area contributed by atoms with Gasteiger partial charge in [0.15, 0.2) is 5.66 Å². The molecule has 22 heavy (non-hydrogen) atoms. The summed E-state index contributed by atoms with van der Waals surface area (Å²) in [6, 6.07) is 10.1. The van der Waals surface area contributed by atoms with Gasteiger partial charge in [-0.3, -0.25) is 5.73 Å². The average Bonchev–Trinajstić information content (AvgIpc) is 2.44. The molecule has 0 aromatic heterocycles. The molecule has 0 saturated heterocycles. The number of aliphatic imine (C=N–C) groups is 1. The lowest BCUT2D eigenvalue weighted by Gasteiger charge is -2.31. The largest absolute Gasteiger partial charge is 1.00 e. The SMILES string of the molecule is CCCCCCC1(C)N=C(N)NC(N)=[N+]1c1ccccc1.[Cl-]. The molecule has 1 aliphatic rings. The van der Waals surface area contributed by atoms with E-state index in [9.17, 15) is 0 Å². The van der Waals surface area contributed by atoms with Gasteiger partial charge in [-0.05, 0) is 25.5 Å². The lowest BCUT2D eigenvalue weighted by atomic mass is 10.0. The second-order valence-electron chi connectivity index (χ2n) is 5.71. The molecule has 6 heteroatoms. The molecule has 0 fully saturated rings. The van der Waals surface area contributed by atoms with Gasteiger partial charge < -0.3 is 18.1 Å². The second-order valence-corrected chi connectivity index (χ2v) is 5.71. The van der Waals surface area contributed by atoms with Crippen LogP contribution in [0.15, 0.2) is 35.3 Å². The minimum Gasteiger partial charge on any atom is -1.00 e. The van der Waals surface area contributed by atoms with Gasteiger partial charge in [0.1, 0.15) is 5.69 Å². The summed E-state index contributed by atoms with van der Waals surface area (Å²) < 4.78 is 2.04. The van der Waals surface area contributed by atoms with Gasteiger partial charge in [-0.2, -0.15) is 4.99 Å². The fraction of sp³-hybridized carbons (Fsp3) is 0.500. The van der Waals surface area contributed by atoms with Crippen LogP contribution in [0, 0.1) is 0 Å². The van der Waals surface area contributed by atoms with E-state index in [0.717, 1.165) is 18.5 Å². The van der Waals surface area contributed by atoms with Crippen molar-refractivity contribution < 1.29 is 17.0 Å². The van der Waals surface area contributed by atoms with Crippen LogP contribution >= 0.6 is 0 Å². The van der Waals surface area contributed by atoms with Crippen molar-refractivity contribution in [2.45, 2.75) is 51.6 Å². The monoisotopic (exact) mass is 323 g/mol. The third-order valence-electron chi connectivity index (χ3n) is 3.86. The van der Waals surface area contributed by atoms with E-state index >= 15 is 0 Å². The van der Waals surface area contributed by atoms with Crippen LogP contribution in [0.1, 0.15) is 46.0 Å². The number of hydrogen-bond acceptors (Lipinski definition) is 4. The Morgan fingerprint density at radius 3 is 2.45 bits per heavy atom. The van der Waals surface area contributed by atoms with Crippen molar-refractivity contribution in [3.63, 3.8) is 0 Å². The third kappa shape index (κ3) is 4.13. The maximum atomic E-state index is 6.18. The van der Waals surface area contributed by atoms with Crippen molar-refractivity contribution in [1.29, 1.82) is 0 Å². The molecule has 0 radical (unpaired) electrons. The third-order valence-corrected chi connectivity index (χ3v) is 3.86. The second kappa shape index (κ2) is 8.03. The first-order chi connectivity index (χ1) is 10.1. The van der Waals surface area contributed by atoms with Crippen LogP contribution in [0.4, 0.5) is 5.69 Å². The first kappa shape index (κ1) is 18.3. The lowest BCUT2D eigenvalue weighted by molar-refractivity contribution is -0.534. The van der Waals surface area contributed by atoms with E-state index in [1.165, 1.54) is 19.3 Å². The fourth-order valence-electron chi connectivity index (χ4n) is 2.83. The minimum atomic E-state index is -0.436. The van der Waals surface area contributed by atoms with Gasteiger partial charge in [-0.1, -0.05) is 44.4 Å². The van der Waals surface area contributed by atoms with E-state index in [2.05, 4.69) is 24.2 Å². The molecule has 0 bridgehead atoms. The van der Waals surface area contributed by atoms with E-state index in [-0.39, 0.29) is 12.4 Å². The summed E-state index contributed by atoms with van der Waals surface area (Å²) in [5.74, 6) is 0.921. The predicted octanol–water partition coefficient (Wildman–Crippen LogP) is -0.746. The number of hydrogen-bond donors (Lipinski definition) is 3. The molecule has 0 saturated carbocycles. The Kier molecular flexibility index (Phi) is 6.68. The van der Waals surface area contributed by atoms with Gasteiger partial charge in [0.2, 0.25) is 0 Å². The Bertz CT molecular complexity index is 541. The molecule has 5 nitrogen and oxygen atoms in total. The fourth-order valence-corrected chi connectivity index (χ4v) is 2.83. The summed E-state index contributed by atoms with van der Waals surface area (Å²) in [6.45, 7) is 4.30. The number of benzene rings is 1. The van der Waals surface area contributed by atoms with Crippen LogP contribution in [0.3, 0.4) is 0 Å². The molecule has 1 aliphatic heterocycles. The van der Waals surface area contributed by atoms with Crippen molar-refractivity contribution in [3.8, 4) is 0 Å². The number of guanidine groups is 2. The summed E-state index contributed by atoms with van der Waals surface area (Å²) in [4.78, 5) is 4.63. The number of rotatable bonds is 6. The highest BCUT2D eigenvalue weighted by Crippen LogP contribution is 2.29. The highest BCUT2D eigenvalue weighted by Gasteiger charge is 2.37. The van der Waals surface area contributed by atoms with Gasteiger partial charge in [0.05, 0.1) is 0 Å². The number of nitrogens with two attached hydrogens (primary N) is 2. The molecule has 0 aliphatic carbocycles. The highest BCUT2D eigenvalue weighted by molar-refractivity contribution is 5.96. The van der Waals surface area contributed by atoms with Crippen LogP contribution < -0.4 is 29.2 Å². The highest BCUT2D eigenvalue weighted by atomic mass is 35.5. The maximum Gasteiger partial charge on any atom is 0.357 e. The van der Waals surface area contributed by atoms with Gasteiger partial charge in [0, 0.05) is 6.42 Å². The molecular formula is C16H26ClN5.